The number of fused-ring (bicyclic) bond motifs is 1. The zero-order chi connectivity index (χ0) is 24.5. The van der Waals surface area contributed by atoms with Crippen molar-refractivity contribution in [3.8, 4) is 0 Å². The number of nitrogens with zero attached hydrogens (tertiary/aromatic N) is 3. The average molecular weight is 502 g/mol. The van der Waals surface area contributed by atoms with Crippen LogP contribution in [0.15, 0.2) is 76.4 Å². The van der Waals surface area contributed by atoms with Crippen LogP contribution >= 0.6 is 23.1 Å². The maximum absolute atomic E-state index is 13.6. The van der Waals surface area contributed by atoms with Crippen LogP contribution in [0.1, 0.15) is 40.1 Å². The van der Waals surface area contributed by atoms with Crippen molar-refractivity contribution < 1.29 is 4.79 Å². The Bertz CT molecular complexity index is 1420. The SMILES string of the molecule is CC1=C(C(=O)Nc2ccc(C)cc2C)[C@@H](c2cccs2)n2nc(SCc3cccc(C)c3)nc2N1. The molecule has 3 heterocycles. The number of allylic oxidation sites excluding steroid dienone is 1. The second-order valence-electron chi connectivity index (χ2n) is 8.79. The number of carbonyl (C=O) groups excluding carboxylic acids is 1. The lowest BCUT2D eigenvalue weighted by molar-refractivity contribution is -0.113. The second-order valence-corrected chi connectivity index (χ2v) is 10.7. The zero-order valence-corrected chi connectivity index (χ0v) is 21.8. The molecule has 2 aromatic heterocycles. The maximum atomic E-state index is 13.6. The summed E-state index contributed by atoms with van der Waals surface area (Å²) in [5, 5.41) is 14.0. The minimum absolute atomic E-state index is 0.143. The number of thiophene rings is 1. The second kappa shape index (κ2) is 9.71. The number of benzene rings is 2. The molecule has 1 atom stereocenters. The van der Waals surface area contributed by atoms with Gasteiger partial charge in [-0.3, -0.25) is 4.79 Å². The number of rotatable bonds is 6. The van der Waals surface area contributed by atoms with Gasteiger partial charge in [-0.05, 0) is 56.3 Å². The molecule has 2 N–H and O–H groups in total. The molecule has 0 fully saturated rings. The molecule has 178 valence electrons. The van der Waals surface area contributed by atoms with Crippen LogP contribution in [-0.4, -0.2) is 20.7 Å². The lowest BCUT2D eigenvalue weighted by atomic mass is 10.0. The molecule has 1 amide bonds. The van der Waals surface area contributed by atoms with Gasteiger partial charge in [-0.2, -0.15) is 4.98 Å². The Hall–Kier alpha value is -3.36. The van der Waals surface area contributed by atoms with E-state index in [9.17, 15) is 4.79 Å². The molecule has 8 heteroatoms. The highest BCUT2D eigenvalue weighted by atomic mass is 32.2. The van der Waals surface area contributed by atoms with Crippen molar-refractivity contribution in [2.45, 2.75) is 44.6 Å². The largest absolute Gasteiger partial charge is 0.328 e. The van der Waals surface area contributed by atoms with Gasteiger partial charge in [-0.15, -0.1) is 16.4 Å². The summed E-state index contributed by atoms with van der Waals surface area (Å²) in [7, 11) is 0. The van der Waals surface area contributed by atoms with Crippen LogP contribution in [0.5, 0.6) is 0 Å². The molecule has 1 aliphatic rings. The van der Waals surface area contributed by atoms with Gasteiger partial charge in [0.15, 0.2) is 0 Å². The highest BCUT2D eigenvalue weighted by molar-refractivity contribution is 7.98. The molecular weight excluding hydrogens is 474 g/mol. The Morgan fingerprint density at radius 3 is 2.66 bits per heavy atom. The third kappa shape index (κ3) is 4.90. The Kier molecular flexibility index (Phi) is 6.49. The first-order chi connectivity index (χ1) is 16.9. The summed E-state index contributed by atoms with van der Waals surface area (Å²) in [5.41, 5.74) is 6.89. The van der Waals surface area contributed by atoms with Crippen LogP contribution in [-0.2, 0) is 10.5 Å². The third-order valence-corrected chi connectivity index (χ3v) is 7.80. The Morgan fingerprint density at radius 1 is 1.09 bits per heavy atom. The van der Waals surface area contributed by atoms with E-state index in [4.69, 9.17) is 10.1 Å². The molecule has 5 rings (SSSR count). The van der Waals surface area contributed by atoms with Crippen LogP contribution in [0.2, 0.25) is 0 Å². The van der Waals surface area contributed by atoms with E-state index in [2.05, 4.69) is 47.9 Å². The van der Waals surface area contributed by atoms with Crippen molar-refractivity contribution in [3.05, 3.63) is 98.4 Å². The standard InChI is InChI=1S/C27H27N5OS2/c1-16-7-5-8-20(14-16)15-35-27-30-26-28-19(4)23(24(32(26)31-27)22-9-6-12-34-22)25(33)29-21-11-10-17(2)13-18(21)3/h5-14,24H,15H2,1-4H3,(H,29,33)(H,28,30,31)/t24-/m1/s1. The van der Waals surface area contributed by atoms with Crippen LogP contribution in [0.25, 0.3) is 0 Å². The smallest absolute Gasteiger partial charge is 0.255 e. The van der Waals surface area contributed by atoms with Gasteiger partial charge in [0.2, 0.25) is 11.1 Å². The van der Waals surface area contributed by atoms with Gasteiger partial charge in [0.1, 0.15) is 6.04 Å². The molecular formula is C27H27N5OS2. The number of aryl methyl sites for hydroxylation is 3. The van der Waals surface area contributed by atoms with Gasteiger partial charge < -0.3 is 10.6 Å². The van der Waals surface area contributed by atoms with E-state index >= 15 is 0 Å². The lowest BCUT2D eigenvalue weighted by Crippen LogP contribution is -2.31. The molecule has 0 saturated carbocycles. The quantitative estimate of drug-likeness (QED) is 0.296. The number of aromatic nitrogens is 3. The van der Waals surface area contributed by atoms with E-state index in [1.165, 1.54) is 11.1 Å². The fourth-order valence-electron chi connectivity index (χ4n) is 4.29. The van der Waals surface area contributed by atoms with E-state index in [1.54, 1.807) is 23.1 Å². The monoisotopic (exact) mass is 501 g/mol. The highest BCUT2D eigenvalue weighted by Crippen LogP contribution is 2.38. The molecule has 0 saturated heterocycles. The molecule has 0 aliphatic carbocycles. The van der Waals surface area contributed by atoms with Crippen LogP contribution in [0, 0.1) is 20.8 Å². The zero-order valence-electron chi connectivity index (χ0n) is 20.1. The average Bonchev–Trinajstić information content (AvgIpc) is 3.48. The van der Waals surface area contributed by atoms with Gasteiger partial charge >= 0.3 is 0 Å². The van der Waals surface area contributed by atoms with E-state index in [-0.39, 0.29) is 11.9 Å². The molecule has 0 bridgehead atoms. The van der Waals surface area contributed by atoms with Gasteiger partial charge in [0.05, 0.1) is 5.57 Å². The van der Waals surface area contributed by atoms with E-state index < -0.39 is 0 Å². The summed E-state index contributed by atoms with van der Waals surface area (Å²) in [5.74, 6) is 1.28. The van der Waals surface area contributed by atoms with E-state index in [0.717, 1.165) is 33.1 Å². The number of anilines is 2. The summed E-state index contributed by atoms with van der Waals surface area (Å²) >= 11 is 3.20. The van der Waals surface area contributed by atoms with E-state index in [1.807, 2.05) is 55.1 Å². The molecule has 0 spiro atoms. The highest BCUT2D eigenvalue weighted by Gasteiger charge is 2.35. The Morgan fingerprint density at radius 2 is 1.91 bits per heavy atom. The molecule has 4 aromatic rings. The van der Waals surface area contributed by atoms with Gasteiger partial charge in [-0.25, -0.2) is 4.68 Å². The topological polar surface area (TPSA) is 71.8 Å². The predicted octanol–water partition coefficient (Wildman–Crippen LogP) is 6.48. The first-order valence-corrected chi connectivity index (χ1v) is 13.3. The third-order valence-electron chi connectivity index (χ3n) is 5.97. The summed E-state index contributed by atoms with van der Waals surface area (Å²) < 4.78 is 1.84. The fourth-order valence-corrected chi connectivity index (χ4v) is 5.88. The first-order valence-electron chi connectivity index (χ1n) is 11.4. The molecule has 2 aromatic carbocycles. The lowest BCUT2D eigenvalue weighted by Gasteiger charge is -2.27. The Balaban J connectivity index is 1.45. The number of amides is 1. The minimum atomic E-state index is -0.349. The van der Waals surface area contributed by atoms with Gasteiger partial charge in [-0.1, -0.05) is 65.4 Å². The van der Waals surface area contributed by atoms with Crippen molar-refractivity contribution in [1.82, 2.24) is 14.8 Å². The maximum Gasteiger partial charge on any atom is 0.255 e. The van der Waals surface area contributed by atoms with E-state index in [0.29, 0.717) is 16.7 Å². The first kappa shape index (κ1) is 23.4. The molecule has 1 aliphatic heterocycles. The number of hydrogen-bond acceptors (Lipinski definition) is 6. The van der Waals surface area contributed by atoms with Crippen molar-refractivity contribution in [2.75, 3.05) is 10.6 Å². The summed E-state index contributed by atoms with van der Waals surface area (Å²) in [6, 6.07) is 18.2. The molecule has 6 nitrogen and oxygen atoms in total. The number of thioether (sulfide) groups is 1. The minimum Gasteiger partial charge on any atom is -0.328 e. The van der Waals surface area contributed by atoms with Crippen LogP contribution < -0.4 is 10.6 Å². The normalized spacial score (nSPS) is 15.0. The van der Waals surface area contributed by atoms with Crippen molar-refractivity contribution in [3.63, 3.8) is 0 Å². The molecule has 0 unspecified atom stereocenters. The predicted molar refractivity (Wildman–Crippen MR) is 144 cm³/mol. The fraction of sp³-hybridized carbons (Fsp3) is 0.222. The summed E-state index contributed by atoms with van der Waals surface area (Å²) in [6.45, 7) is 8.07. The Labute approximate surface area is 213 Å². The van der Waals surface area contributed by atoms with Crippen molar-refractivity contribution in [1.29, 1.82) is 0 Å². The van der Waals surface area contributed by atoms with Crippen LogP contribution in [0.3, 0.4) is 0 Å². The van der Waals surface area contributed by atoms with Gasteiger partial charge in [0, 0.05) is 22.0 Å². The number of nitrogens with one attached hydrogen (secondary N) is 2. The molecule has 0 radical (unpaired) electrons. The summed E-state index contributed by atoms with van der Waals surface area (Å²) in [6.07, 6.45) is 0. The van der Waals surface area contributed by atoms with Crippen molar-refractivity contribution in [2.24, 2.45) is 0 Å². The van der Waals surface area contributed by atoms with Crippen molar-refractivity contribution >= 4 is 40.6 Å². The van der Waals surface area contributed by atoms with Crippen LogP contribution in [0.4, 0.5) is 11.6 Å². The summed E-state index contributed by atoms with van der Waals surface area (Å²) in [4.78, 5) is 19.4. The molecule has 35 heavy (non-hydrogen) atoms. The van der Waals surface area contributed by atoms with Gasteiger partial charge in [0.25, 0.3) is 5.91 Å². The number of hydrogen-bond donors (Lipinski definition) is 2. The number of carbonyl (C=O) groups is 1.